The standard InChI is InChI=1S/C15H21BrN2/c1-10(2)13(11(3)4)9-18-15-7-5-6-14(16)12(15)8-17/h5-7,10-11,13,18H,9H2,1-4H3. The molecule has 0 saturated carbocycles. The van der Waals surface area contributed by atoms with Crippen molar-refractivity contribution < 1.29 is 0 Å². The van der Waals surface area contributed by atoms with E-state index in [9.17, 15) is 0 Å². The minimum Gasteiger partial charge on any atom is -0.384 e. The van der Waals surface area contributed by atoms with Crippen LogP contribution in [0.15, 0.2) is 22.7 Å². The maximum Gasteiger partial charge on any atom is 0.103 e. The van der Waals surface area contributed by atoms with Crippen LogP contribution in [0.1, 0.15) is 33.3 Å². The highest BCUT2D eigenvalue weighted by molar-refractivity contribution is 9.10. The van der Waals surface area contributed by atoms with Crippen molar-refractivity contribution in [3.05, 3.63) is 28.2 Å². The van der Waals surface area contributed by atoms with Crippen LogP contribution < -0.4 is 5.32 Å². The van der Waals surface area contributed by atoms with Gasteiger partial charge in [0.25, 0.3) is 0 Å². The fourth-order valence-electron chi connectivity index (χ4n) is 2.25. The second-order valence-electron chi connectivity index (χ2n) is 5.31. The quantitative estimate of drug-likeness (QED) is 0.858. The monoisotopic (exact) mass is 308 g/mol. The predicted molar refractivity (Wildman–Crippen MR) is 80.5 cm³/mol. The number of benzene rings is 1. The lowest BCUT2D eigenvalue weighted by atomic mass is 9.85. The third kappa shape index (κ3) is 3.74. The van der Waals surface area contributed by atoms with E-state index in [0.717, 1.165) is 16.7 Å². The molecule has 0 fully saturated rings. The number of hydrogen-bond acceptors (Lipinski definition) is 2. The van der Waals surface area contributed by atoms with Gasteiger partial charge in [0.15, 0.2) is 0 Å². The Kier molecular flexibility index (Phi) is 5.68. The third-order valence-corrected chi connectivity index (χ3v) is 4.03. The highest BCUT2D eigenvalue weighted by Crippen LogP contribution is 2.26. The van der Waals surface area contributed by atoms with Crippen LogP contribution in [0.3, 0.4) is 0 Å². The molecule has 1 aromatic rings. The first kappa shape index (κ1) is 15.0. The molecule has 18 heavy (non-hydrogen) atoms. The summed E-state index contributed by atoms with van der Waals surface area (Å²) in [6.07, 6.45) is 0. The van der Waals surface area contributed by atoms with Gasteiger partial charge in [-0.05, 0) is 45.8 Å². The average molecular weight is 309 g/mol. The molecule has 98 valence electrons. The van der Waals surface area contributed by atoms with Crippen LogP contribution in [0.4, 0.5) is 5.69 Å². The summed E-state index contributed by atoms with van der Waals surface area (Å²) in [5, 5.41) is 12.6. The Bertz CT molecular complexity index is 425. The van der Waals surface area contributed by atoms with E-state index in [-0.39, 0.29) is 0 Å². The largest absolute Gasteiger partial charge is 0.384 e. The van der Waals surface area contributed by atoms with Crippen LogP contribution in [-0.4, -0.2) is 6.54 Å². The minimum absolute atomic E-state index is 0.607. The van der Waals surface area contributed by atoms with Gasteiger partial charge in [-0.3, -0.25) is 0 Å². The Labute approximate surface area is 119 Å². The molecular formula is C15H21BrN2. The smallest absolute Gasteiger partial charge is 0.103 e. The van der Waals surface area contributed by atoms with Crippen molar-refractivity contribution >= 4 is 21.6 Å². The van der Waals surface area contributed by atoms with E-state index in [4.69, 9.17) is 5.26 Å². The lowest BCUT2D eigenvalue weighted by molar-refractivity contribution is 0.304. The second kappa shape index (κ2) is 6.80. The number of halogens is 1. The molecule has 0 unspecified atom stereocenters. The zero-order chi connectivity index (χ0) is 13.7. The summed E-state index contributed by atoms with van der Waals surface area (Å²) in [5.74, 6) is 1.88. The molecule has 0 spiro atoms. The van der Waals surface area contributed by atoms with Crippen LogP contribution >= 0.6 is 15.9 Å². The highest BCUT2D eigenvalue weighted by atomic mass is 79.9. The zero-order valence-electron chi connectivity index (χ0n) is 11.5. The van der Waals surface area contributed by atoms with Gasteiger partial charge in [-0.15, -0.1) is 0 Å². The number of rotatable bonds is 5. The summed E-state index contributed by atoms with van der Waals surface area (Å²) < 4.78 is 0.848. The number of nitrogens with zero attached hydrogens (tertiary/aromatic N) is 1. The lowest BCUT2D eigenvalue weighted by Crippen LogP contribution is -2.24. The molecule has 1 aromatic carbocycles. The van der Waals surface area contributed by atoms with E-state index in [0.29, 0.717) is 23.3 Å². The summed E-state index contributed by atoms with van der Waals surface area (Å²) in [5.41, 5.74) is 1.60. The zero-order valence-corrected chi connectivity index (χ0v) is 13.1. The Hall–Kier alpha value is -1.01. The summed E-state index contributed by atoms with van der Waals surface area (Å²) >= 11 is 3.41. The summed E-state index contributed by atoms with van der Waals surface area (Å²) in [4.78, 5) is 0. The molecule has 0 amide bonds. The minimum atomic E-state index is 0.607. The first-order chi connectivity index (χ1) is 8.47. The molecule has 3 heteroatoms. The SMILES string of the molecule is CC(C)C(CNc1cccc(Br)c1C#N)C(C)C. The van der Waals surface area contributed by atoms with E-state index in [2.05, 4.69) is 55.0 Å². The van der Waals surface area contributed by atoms with E-state index in [1.807, 2.05) is 18.2 Å². The van der Waals surface area contributed by atoms with Crippen molar-refractivity contribution in [2.75, 3.05) is 11.9 Å². The molecule has 0 radical (unpaired) electrons. The first-order valence-electron chi connectivity index (χ1n) is 6.39. The predicted octanol–water partition coefficient (Wildman–Crippen LogP) is 4.66. The molecule has 2 nitrogen and oxygen atoms in total. The van der Waals surface area contributed by atoms with Gasteiger partial charge in [0.1, 0.15) is 6.07 Å². The number of nitrogens with one attached hydrogen (secondary N) is 1. The van der Waals surface area contributed by atoms with E-state index < -0.39 is 0 Å². The Balaban J connectivity index is 2.80. The molecule has 0 heterocycles. The van der Waals surface area contributed by atoms with Gasteiger partial charge in [-0.1, -0.05) is 33.8 Å². The van der Waals surface area contributed by atoms with E-state index >= 15 is 0 Å². The van der Waals surface area contributed by atoms with Gasteiger partial charge in [-0.2, -0.15) is 5.26 Å². The third-order valence-electron chi connectivity index (χ3n) is 3.37. The van der Waals surface area contributed by atoms with Crippen LogP contribution in [0.5, 0.6) is 0 Å². The fourth-order valence-corrected chi connectivity index (χ4v) is 2.71. The number of hydrogen-bond donors (Lipinski definition) is 1. The van der Waals surface area contributed by atoms with Crippen molar-refractivity contribution in [1.29, 1.82) is 5.26 Å². The normalized spacial score (nSPS) is 11.1. The van der Waals surface area contributed by atoms with Crippen LogP contribution in [0.2, 0.25) is 0 Å². The summed E-state index contributed by atoms with van der Waals surface area (Å²) in [6.45, 7) is 9.90. The Morgan fingerprint density at radius 1 is 1.22 bits per heavy atom. The van der Waals surface area contributed by atoms with Crippen LogP contribution in [0.25, 0.3) is 0 Å². The van der Waals surface area contributed by atoms with Crippen molar-refractivity contribution in [1.82, 2.24) is 0 Å². The van der Waals surface area contributed by atoms with Gasteiger partial charge >= 0.3 is 0 Å². The van der Waals surface area contributed by atoms with Gasteiger partial charge in [0, 0.05) is 11.0 Å². The molecular weight excluding hydrogens is 288 g/mol. The molecule has 0 atom stereocenters. The molecule has 1 rings (SSSR count). The Morgan fingerprint density at radius 3 is 2.33 bits per heavy atom. The number of nitriles is 1. The van der Waals surface area contributed by atoms with Crippen molar-refractivity contribution in [3.63, 3.8) is 0 Å². The molecule has 0 aliphatic carbocycles. The van der Waals surface area contributed by atoms with Crippen LogP contribution in [0, 0.1) is 29.1 Å². The van der Waals surface area contributed by atoms with Crippen molar-refractivity contribution in [2.45, 2.75) is 27.7 Å². The molecule has 1 N–H and O–H groups in total. The average Bonchev–Trinajstić information content (AvgIpc) is 2.28. The fraction of sp³-hybridized carbons (Fsp3) is 0.533. The first-order valence-corrected chi connectivity index (χ1v) is 7.19. The molecule has 0 aliphatic rings. The summed E-state index contributed by atoms with van der Waals surface area (Å²) in [6, 6.07) is 8.04. The summed E-state index contributed by atoms with van der Waals surface area (Å²) in [7, 11) is 0. The second-order valence-corrected chi connectivity index (χ2v) is 6.16. The lowest BCUT2D eigenvalue weighted by Gasteiger charge is -2.25. The maximum atomic E-state index is 9.16. The molecule has 0 saturated heterocycles. The highest BCUT2D eigenvalue weighted by Gasteiger charge is 2.17. The van der Waals surface area contributed by atoms with Crippen LogP contribution in [-0.2, 0) is 0 Å². The van der Waals surface area contributed by atoms with E-state index in [1.54, 1.807) is 0 Å². The van der Waals surface area contributed by atoms with Gasteiger partial charge in [0.05, 0.1) is 11.3 Å². The van der Waals surface area contributed by atoms with Gasteiger partial charge < -0.3 is 5.32 Å². The van der Waals surface area contributed by atoms with E-state index in [1.165, 1.54) is 0 Å². The van der Waals surface area contributed by atoms with Gasteiger partial charge in [-0.25, -0.2) is 0 Å². The van der Waals surface area contributed by atoms with Crippen molar-refractivity contribution in [3.8, 4) is 6.07 Å². The Morgan fingerprint density at radius 2 is 1.83 bits per heavy atom. The van der Waals surface area contributed by atoms with Gasteiger partial charge in [0.2, 0.25) is 0 Å². The maximum absolute atomic E-state index is 9.16. The van der Waals surface area contributed by atoms with Crippen molar-refractivity contribution in [2.24, 2.45) is 17.8 Å². The topological polar surface area (TPSA) is 35.8 Å². The molecule has 0 aromatic heterocycles. The molecule has 0 bridgehead atoms. The molecule has 0 aliphatic heterocycles. The number of anilines is 1.